The van der Waals surface area contributed by atoms with Gasteiger partial charge in [0, 0.05) is 37.2 Å². The standard InChI is InChI=1S/C66H43NS/c1-3-18-46(19-4-1)64-60-30-10-9-28-57(60)58-40-37-48(43-62(58)65(64)47-20-5-2-6-21-47)44-35-38-51(39-36-44)67(52-25-13-23-49(41-52)55-31-15-22-45-17-7-8-27-54(45)55)53-26-14-24-50(42-53)56-32-16-33-61-59-29-11-12-34-63(59)68-66(56)61/h1-43H. The van der Waals surface area contributed by atoms with Gasteiger partial charge in [-0.2, -0.15) is 0 Å². The van der Waals surface area contributed by atoms with Crippen LogP contribution in [-0.2, 0) is 0 Å². The molecule has 0 amide bonds. The minimum atomic E-state index is 1.09. The lowest BCUT2D eigenvalue weighted by Gasteiger charge is -2.27. The lowest BCUT2D eigenvalue weighted by Crippen LogP contribution is -2.10. The Bertz CT molecular complexity index is 4010. The van der Waals surface area contributed by atoms with Crippen LogP contribution in [0.5, 0.6) is 0 Å². The van der Waals surface area contributed by atoms with Gasteiger partial charge in [-0.05, 0) is 136 Å². The van der Waals surface area contributed by atoms with Crippen molar-refractivity contribution in [3.63, 3.8) is 0 Å². The quantitative estimate of drug-likeness (QED) is 0.137. The summed E-state index contributed by atoms with van der Waals surface area (Å²) in [5, 5.41) is 10.1. The second kappa shape index (κ2) is 16.7. The molecule has 0 aliphatic heterocycles. The van der Waals surface area contributed by atoms with Crippen molar-refractivity contribution in [1.29, 1.82) is 0 Å². The Kier molecular flexibility index (Phi) is 9.77. The van der Waals surface area contributed by atoms with Gasteiger partial charge in [0.2, 0.25) is 0 Å². The maximum atomic E-state index is 2.42. The highest BCUT2D eigenvalue weighted by atomic mass is 32.1. The van der Waals surface area contributed by atoms with Crippen LogP contribution in [0.25, 0.3) is 108 Å². The molecule has 0 atom stereocenters. The van der Waals surface area contributed by atoms with Crippen molar-refractivity contribution < 1.29 is 0 Å². The summed E-state index contributed by atoms with van der Waals surface area (Å²) in [7, 11) is 0. The summed E-state index contributed by atoms with van der Waals surface area (Å²) in [4.78, 5) is 2.42. The number of hydrogen-bond acceptors (Lipinski definition) is 2. The Balaban J connectivity index is 0.969. The second-order valence-electron chi connectivity index (χ2n) is 17.6. The highest BCUT2D eigenvalue weighted by Crippen LogP contribution is 2.47. The fraction of sp³-hybridized carbons (Fsp3) is 0. The third kappa shape index (κ3) is 6.85. The number of nitrogens with zero attached hydrogens (tertiary/aromatic N) is 1. The molecule has 1 aromatic heterocycles. The minimum absolute atomic E-state index is 1.09. The lowest BCUT2D eigenvalue weighted by atomic mass is 9.84. The molecule has 12 aromatic carbocycles. The van der Waals surface area contributed by atoms with E-state index in [4.69, 9.17) is 0 Å². The zero-order valence-electron chi connectivity index (χ0n) is 37.2. The largest absolute Gasteiger partial charge is 0.310 e. The number of fused-ring (bicyclic) bond motifs is 7. The molecule has 0 aliphatic rings. The third-order valence-electron chi connectivity index (χ3n) is 13.6. The van der Waals surface area contributed by atoms with Crippen molar-refractivity contribution in [1.82, 2.24) is 0 Å². The van der Waals surface area contributed by atoms with Gasteiger partial charge in [0.05, 0.1) is 0 Å². The summed E-state index contributed by atoms with van der Waals surface area (Å²) >= 11 is 1.88. The van der Waals surface area contributed by atoms with Crippen LogP contribution in [0, 0.1) is 0 Å². The molecule has 2 heteroatoms. The van der Waals surface area contributed by atoms with E-state index in [1.807, 2.05) is 11.3 Å². The highest BCUT2D eigenvalue weighted by Gasteiger charge is 2.20. The summed E-state index contributed by atoms with van der Waals surface area (Å²) in [5.74, 6) is 0. The van der Waals surface area contributed by atoms with E-state index in [0.29, 0.717) is 0 Å². The molecule has 1 heterocycles. The van der Waals surface area contributed by atoms with Crippen LogP contribution < -0.4 is 4.90 Å². The molecule has 0 fully saturated rings. The van der Waals surface area contributed by atoms with Crippen molar-refractivity contribution in [3.05, 3.63) is 261 Å². The third-order valence-corrected chi connectivity index (χ3v) is 14.9. The van der Waals surface area contributed by atoms with E-state index in [1.54, 1.807) is 0 Å². The maximum absolute atomic E-state index is 2.42. The number of hydrogen-bond donors (Lipinski definition) is 0. The van der Waals surface area contributed by atoms with Gasteiger partial charge >= 0.3 is 0 Å². The fourth-order valence-corrected chi connectivity index (χ4v) is 11.7. The van der Waals surface area contributed by atoms with Crippen LogP contribution in [0.2, 0.25) is 0 Å². The van der Waals surface area contributed by atoms with Crippen LogP contribution in [0.3, 0.4) is 0 Å². The van der Waals surface area contributed by atoms with Crippen LogP contribution in [0.4, 0.5) is 17.1 Å². The number of benzene rings is 12. The molecule has 0 saturated heterocycles. The van der Waals surface area contributed by atoms with Crippen LogP contribution in [0.15, 0.2) is 261 Å². The average molecular weight is 882 g/mol. The van der Waals surface area contributed by atoms with Crippen molar-refractivity contribution in [3.8, 4) is 55.6 Å². The first-order valence-corrected chi connectivity index (χ1v) is 24.1. The molecular formula is C66H43NS. The first-order chi connectivity index (χ1) is 33.7. The van der Waals surface area contributed by atoms with Gasteiger partial charge in [-0.3, -0.25) is 0 Å². The summed E-state index contributed by atoms with van der Waals surface area (Å²) in [6.45, 7) is 0. The minimum Gasteiger partial charge on any atom is -0.310 e. The lowest BCUT2D eigenvalue weighted by molar-refractivity contribution is 1.28. The molecule has 0 radical (unpaired) electrons. The molecule has 0 saturated carbocycles. The Morgan fingerprint density at radius 1 is 0.250 bits per heavy atom. The summed E-state index contributed by atoms with van der Waals surface area (Å²) in [6, 6.07) is 95.7. The van der Waals surface area contributed by atoms with Gasteiger partial charge in [0.1, 0.15) is 0 Å². The number of rotatable bonds is 8. The van der Waals surface area contributed by atoms with Crippen LogP contribution in [0.1, 0.15) is 0 Å². The summed E-state index contributed by atoms with van der Waals surface area (Å²) in [6.07, 6.45) is 0. The van der Waals surface area contributed by atoms with Gasteiger partial charge in [-0.25, -0.2) is 0 Å². The molecule has 0 spiro atoms. The normalized spacial score (nSPS) is 11.5. The van der Waals surface area contributed by atoms with Crippen molar-refractivity contribution in [2.45, 2.75) is 0 Å². The number of anilines is 3. The fourth-order valence-electron chi connectivity index (χ4n) is 10.5. The average Bonchev–Trinajstić information content (AvgIpc) is 3.80. The molecule has 13 aromatic rings. The monoisotopic (exact) mass is 881 g/mol. The van der Waals surface area contributed by atoms with Gasteiger partial charge < -0.3 is 4.90 Å². The Labute approximate surface area is 400 Å². The van der Waals surface area contributed by atoms with Crippen molar-refractivity contribution >= 4 is 80.9 Å². The van der Waals surface area contributed by atoms with Gasteiger partial charge in [-0.1, -0.05) is 212 Å². The zero-order valence-corrected chi connectivity index (χ0v) is 38.0. The van der Waals surface area contributed by atoms with Gasteiger partial charge in [0.15, 0.2) is 0 Å². The molecule has 0 N–H and O–H groups in total. The second-order valence-corrected chi connectivity index (χ2v) is 18.6. The Morgan fingerprint density at radius 3 is 1.49 bits per heavy atom. The summed E-state index contributed by atoms with van der Waals surface area (Å²) in [5.41, 5.74) is 15.4. The van der Waals surface area contributed by atoms with Gasteiger partial charge in [0.25, 0.3) is 0 Å². The highest BCUT2D eigenvalue weighted by molar-refractivity contribution is 7.26. The van der Waals surface area contributed by atoms with E-state index in [-0.39, 0.29) is 0 Å². The molecule has 318 valence electrons. The van der Waals surface area contributed by atoms with E-state index in [1.165, 1.54) is 108 Å². The predicted octanol–water partition coefficient (Wildman–Crippen LogP) is 19.3. The van der Waals surface area contributed by atoms with Gasteiger partial charge in [-0.15, -0.1) is 11.3 Å². The Morgan fingerprint density at radius 2 is 0.750 bits per heavy atom. The first-order valence-electron chi connectivity index (χ1n) is 23.3. The van der Waals surface area contributed by atoms with Crippen LogP contribution >= 0.6 is 11.3 Å². The van der Waals surface area contributed by atoms with E-state index >= 15 is 0 Å². The molecule has 0 aliphatic carbocycles. The molecule has 13 rings (SSSR count). The molecule has 1 nitrogen and oxygen atoms in total. The first kappa shape index (κ1) is 39.8. The van der Waals surface area contributed by atoms with E-state index in [2.05, 4.69) is 266 Å². The summed E-state index contributed by atoms with van der Waals surface area (Å²) < 4.78 is 2.63. The van der Waals surface area contributed by atoms with Crippen molar-refractivity contribution in [2.75, 3.05) is 4.90 Å². The smallest absolute Gasteiger partial charge is 0.0467 e. The topological polar surface area (TPSA) is 3.24 Å². The molecular weight excluding hydrogens is 839 g/mol. The molecule has 68 heavy (non-hydrogen) atoms. The van der Waals surface area contributed by atoms with E-state index < -0.39 is 0 Å². The predicted molar refractivity (Wildman–Crippen MR) is 294 cm³/mol. The van der Waals surface area contributed by atoms with E-state index in [9.17, 15) is 0 Å². The van der Waals surface area contributed by atoms with Crippen LogP contribution in [-0.4, -0.2) is 0 Å². The van der Waals surface area contributed by atoms with E-state index in [0.717, 1.165) is 17.1 Å². The molecule has 0 bridgehead atoms. The Hall–Kier alpha value is -8.56. The SMILES string of the molecule is c1ccc(-c2c(-c3ccccc3)c3cc(-c4ccc(N(c5cccc(-c6cccc7ccccc67)c5)c5cccc(-c6cccc7c6sc6ccccc67)c5)cc4)ccc3c3ccccc23)cc1. The number of thiophene rings is 1. The van der Waals surface area contributed by atoms with Crippen molar-refractivity contribution in [2.24, 2.45) is 0 Å². The zero-order chi connectivity index (χ0) is 45.0. The molecule has 0 unspecified atom stereocenters. The maximum Gasteiger partial charge on any atom is 0.0467 e.